The molecule has 0 aliphatic carbocycles. The van der Waals surface area contributed by atoms with Gasteiger partial charge >= 0.3 is 0 Å². The Morgan fingerprint density at radius 1 is 1.32 bits per heavy atom. The van der Waals surface area contributed by atoms with E-state index in [1.807, 2.05) is 12.1 Å². The van der Waals surface area contributed by atoms with Crippen LogP contribution in [0.2, 0.25) is 0 Å². The number of aromatic nitrogens is 1. The first kappa shape index (κ1) is 14.3. The Kier molecular flexibility index (Phi) is 4.18. The van der Waals surface area contributed by atoms with Crippen molar-refractivity contribution in [2.24, 2.45) is 5.92 Å². The van der Waals surface area contributed by atoms with Crippen LogP contribution in [-0.2, 0) is 22.7 Å². The highest BCUT2D eigenvalue weighted by Gasteiger charge is 2.34. The summed E-state index contributed by atoms with van der Waals surface area (Å²) in [5.74, 6) is -0.367. The molecule has 1 atom stereocenters. The highest BCUT2D eigenvalue weighted by Crippen LogP contribution is 2.20. The second-order valence-electron chi connectivity index (χ2n) is 5.38. The molecule has 1 aliphatic heterocycles. The maximum Gasteiger partial charge on any atom is 0.225 e. The van der Waals surface area contributed by atoms with E-state index in [2.05, 4.69) is 10.3 Å². The van der Waals surface area contributed by atoms with Crippen molar-refractivity contribution in [3.8, 4) is 0 Å². The zero-order valence-electron chi connectivity index (χ0n) is 12.1. The van der Waals surface area contributed by atoms with Gasteiger partial charge < -0.3 is 14.6 Å². The molecule has 3 rings (SSSR count). The predicted molar refractivity (Wildman–Crippen MR) is 78.3 cm³/mol. The summed E-state index contributed by atoms with van der Waals surface area (Å²) in [5.41, 5.74) is 1.93. The number of hydrogen-bond acceptors (Lipinski definition) is 4. The molecule has 2 aromatic heterocycles. The van der Waals surface area contributed by atoms with E-state index in [9.17, 15) is 9.59 Å². The molecule has 1 aliphatic rings. The molecular formula is C16H17N3O3. The van der Waals surface area contributed by atoms with Gasteiger partial charge in [0.2, 0.25) is 11.8 Å². The summed E-state index contributed by atoms with van der Waals surface area (Å²) in [7, 11) is 0. The van der Waals surface area contributed by atoms with Crippen molar-refractivity contribution in [1.29, 1.82) is 0 Å². The molecule has 0 aromatic carbocycles. The van der Waals surface area contributed by atoms with E-state index in [1.54, 1.807) is 35.9 Å². The number of rotatable bonds is 5. The van der Waals surface area contributed by atoms with Crippen LogP contribution in [0, 0.1) is 5.92 Å². The zero-order chi connectivity index (χ0) is 15.4. The zero-order valence-corrected chi connectivity index (χ0v) is 12.1. The third-order valence-corrected chi connectivity index (χ3v) is 3.75. The van der Waals surface area contributed by atoms with Gasteiger partial charge in [0.15, 0.2) is 0 Å². The van der Waals surface area contributed by atoms with Gasteiger partial charge in [0.05, 0.1) is 18.4 Å². The number of carbonyl (C=O) groups excluding carboxylic acids is 2. The molecule has 6 heteroatoms. The van der Waals surface area contributed by atoms with Gasteiger partial charge in [0.1, 0.15) is 0 Å². The molecule has 6 nitrogen and oxygen atoms in total. The first-order chi connectivity index (χ1) is 10.7. The molecule has 1 unspecified atom stereocenters. The van der Waals surface area contributed by atoms with Crippen LogP contribution in [0.4, 0.5) is 0 Å². The van der Waals surface area contributed by atoms with E-state index < -0.39 is 0 Å². The molecule has 0 radical (unpaired) electrons. The first-order valence-electron chi connectivity index (χ1n) is 7.18. The lowest BCUT2D eigenvalue weighted by Gasteiger charge is -2.16. The average molecular weight is 299 g/mol. The lowest BCUT2D eigenvalue weighted by molar-refractivity contribution is -0.129. The maximum absolute atomic E-state index is 12.2. The Morgan fingerprint density at radius 3 is 2.86 bits per heavy atom. The highest BCUT2D eigenvalue weighted by molar-refractivity contribution is 5.89. The Bertz CT molecular complexity index is 640. The molecule has 1 saturated heterocycles. The molecule has 0 bridgehead atoms. The summed E-state index contributed by atoms with van der Waals surface area (Å²) in [6.45, 7) is 1.40. The summed E-state index contributed by atoms with van der Waals surface area (Å²) in [6, 6.07) is 5.55. The summed E-state index contributed by atoms with van der Waals surface area (Å²) >= 11 is 0. The highest BCUT2D eigenvalue weighted by atomic mass is 16.3. The lowest BCUT2D eigenvalue weighted by Crippen LogP contribution is -2.32. The molecule has 0 saturated carbocycles. The Balaban J connectivity index is 1.53. The number of furan rings is 1. The summed E-state index contributed by atoms with van der Waals surface area (Å²) in [4.78, 5) is 29.9. The van der Waals surface area contributed by atoms with Gasteiger partial charge in [-0.2, -0.15) is 0 Å². The summed E-state index contributed by atoms with van der Waals surface area (Å²) in [5, 5.41) is 2.84. The lowest BCUT2D eigenvalue weighted by atomic mass is 10.1. The van der Waals surface area contributed by atoms with Crippen molar-refractivity contribution >= 4 is 11.8 Å². The fraction of sp³-hybridized carbons (Fsp3) is 0.312. The van der Waals surface area contributed by atoms with Gasteiger partial charge in [0, 0.05) is 44.0 Å². The van der Waals surface area contributed by atoms with Crippen molar-refractivity contribution in [3.63, 3.8) is 0 Å². The minimum Gasteiger partial charge on any atom is -0.472 e. The van der Waals surface area contributed by atoms with Crippen molar-refractivity contribution in [2.45, 2.75) is 19.5 Å². The van der Waals surface area contributed by atoms with Crippen LogP contribution in [-0.4, -0.2) is 28.2 Å². The van der Waals surface area contributed by atoms with Gasteiger partial charge in [-0.3, -0.25) is 14.6 Å². The summed E-state index contributed by atoms with van der Waals surface area (Å²) < 4.78 is 4.95. The quantitative estimate of drug-likeness (QED) is 0.904. The van der Waals surface area contributed by atoms with E-state index in [4.69, 9.17) is 4.42 Å². The number of nitrogens with zero attached hydrogens (tertiary/aromatic N) is 2. The van der Waals surface area contributed by atoms with Gasteiger partial charge in [-0.15, -0.1) is 0 Å². The number of carbonyl (C=O) groups is 2. The van der Waals surface area contributed by atoms with Gasteiger partial charge in [-0.1, -0.05) is 0 Å². The van der Waals surface area contributed by atoms with E-state index in [1.165, 1.54) is 0 Å². The number of hydrogen-bond donors (Lipinski definition) is 1. The maximum atomic E-state index is 12.2. The van der Waals surface area contributed by atoms with E-state index in [0.717, 1.165) is 11.1 Å². The van der Waals surface area contributed by atoms with Crippen LogP contribution in [0.5, 0.6) is 0 Å². The molecule has 114 valence electrons. The minimum absolute atomic E-state index is 0.0141. The van der Waals surface area contributed by atoms with Crippen molar-refractivity contribution in [3.05, 3.63) is 54.2 Å². The average Bonchev–Trinajstić information content (AvgIpc) is 3.16. The SMILES string of the molecule is O=C(NCc1ccoc1)C1CC(=O)N(Cc2ccncc2)C1. The molecule has 1 fully saturated rings. The normalized spacial score (nSPS) is 17.7. The Labute approximate surface area is 128 Å². The molecule has 2 aromatic rings. The van der Waals surface area contributed by atoms with E-state index in [-0.39, 0.29) is 24.2 Å². The van der Waals surface area contributed by atoms with Gasteiger partial charge in [-0.05, 0) is 23.8 Å². The number of likely N-dealkylation sites (tertiary alicyclic amines) is 1. The van der Waals surface area contributed by atoms with Gasteiger partial charge in [-0.25, -0.2) is 0 Å². The van der Waals surface area contributed by atoms with Crippen molar-refractivity contribution in [2.75, 3.05) is 6.54 Å². The van der Waals surface area contributed by atoms with E-state index in [0.29, 0.717) is 19.6 Å². The van der Waals surface area contributed by atoms with Gasteiger partial charge in [0.25, 0.3) is 0 Å². The topological polar surface area (TPSA) is 75.4 Å². The van der Waals surface area contributed by atoms with Crippen LogP contribution in [0.3, 0.4) is 0 Å². The second kappa shape index (κ2) is 6.43. The van der Waals surface area contributed by atoms with E-state index >= 15 is 0 Å². The number of nitrogens with one attached hydrogen (secondary N) is 1. The smallest absolute Gasteiger partial charge is 0.225 e. The van der Waals surface area contributed by atoms with Crippen LogP contribution >= 0.6 is 0 Å². The standard InChI is InChI=1S/C16H17N3O3/c20-15-7-14(16(21)18-8-13-3-6-22-11-13)10-19(15)9-12-1-4-17-5-2-12/h1-6,11,14H,7-10H2,(H,18,21). The van der Waals surface area contributed by atoms with Crippen LogP contribution in [0.1, 0.15) is 17.5 Å². The first-order valence-corrected chi connectivity index (χ1v) is 7.18. The van der Waals surface area contributed by atoms with Crippen LogP contribution in [0.15, 0.2) is 47.5 Å². The predicted octanol–water partition coefficient (Wildman–Crippen LogP) is 1.34. The molecular weight excluding hydrogens is 282 g/mol. The Hall–Kier alpha value is -2.63. The molecule has 0 spiro atoms. The third-order valence-electron chi connectivity index (χ3n) is 3.75. The largest absolute Gasteiger partial charge is 0.472 e. The fourth-order valence-electron chi connectivity index (χ4n) is 2.54. The van der Waals surface area contributed by atoms with Crippen molar-refractivity contribution < 1.29 is 14.0 Å². The molecule has 2 amide bonds. The minimum atomic E-state index is -0.291. The number of pyridine rings is 1. The van der Waals surface area contributed by atoms with Crippen LogP contribution < -0.4 is 5.32 Å². The third kappa shape index (κ3) is 3.33. The van der Waals surface area contributed by atoms with Crippen LogP contribution in [0.25, 0.3) is 0 Å². The Morgan fingerprint density at radius 2 is 2.14 bits per heavy atom. The molecule has 1 N–H and O–H groups in total. The monoisotopic (exact) mass is 299 g/mol. The molecule has 22 heavy (non-hydrogen) atoms. The number of amides is 2. The second-order valence-corrected chi connectivity index (χ2v) is 5.38. The fourth-order valence-corrected chi connectivity index (χ4v) is 2.54. The molecule has 3 heterocycles. The summed E-state index contributed by atoms with van der Waals surface area (Å²) in [6.07, 6.45) is 6.82. The van der Waals surface area contributed by atoms with Crippen molar-refractivity contribution in [1.82, 2.24) is 15.2 Å².